The molecule has 0 aliphatic heterocycles. The molecule has 0 fully saturated rings. The van der Waals surface area contributed by atoms with Crippen LogP contribution in [0.3, 0.4) is 0 Å². The van der Waals surface area contributed by atoms with E-state index in [1.54, 1.807) is 7.11 Å². The van der Waals surface area contributed by atoms with Crippen LogP contribution in [0.5, 0.6) is 0 Å². The predicted molar refractivity (Wildman–Crippen MR) is 81.6 cm³/mol. The lowest BCUT2D eigenvalue weighted by Crippen LogP contribution is -2.17. The third-order valence-electron chi connectivity index (χ3n) is 2.60. The second-order valence-electron chi connectivity index (χ2n) is 4.16. The number of amides is 2. The van der Waals surface area contributed by atoms with Crippen LogP contribution in [0.1, 0.15) is 26.5 Å². The summed E-state index contributed by atoms with van der Waals surface area (Å²) >= 11 is 1.02. The van der Waals surface area contributed by atoms with Gasteiger partial charge in [-0.05, 0) is 6.42 Å². The molecule has 2 amide bonds. The minimum atomic E-state index is -0.699. The normalized spacial score (nSPS) is 10.5. The van der Waals surface area contributed by atoms with Gasteiger partial charge in [0.25, 0.3) is 11.8 Å². The molecule has 0 unspecified atom stereocenters. The fraction of sp³-hybridized carbons (Fsp3) is 0.500. The van der Waals surface area contributed by atoms with E-state index in [0.29, 0.717) is 37.8 Å². The zero-order valence-corrected chi connectivity index (χ0v) is 12.6. The summed E-state index contributed by atoms with van der Waals surface area (Å²) in [5.74, 6) is -1.38. The minimum Gasteiger partial charge on any atom is -0.397 e. The number of hydrogen-bond acceptors (Lipinski definition) is 7. The predicted octanol–water partition coefficient (Wildman–Crippen LogP) is -0.00690. The Morgan fingerprint density at radius 1 is 1.19 bits per heavy atom. The summed E-state index contributed by atoms with van der Waals surface area (Å²) in [6.07, 6.45) is 0.714. The van der Waals surface area contributed by atoms with E-state index in [2.05, 4.69) is 5.32 Å². The van der Waals surface area contributed by atoms with Crippen LogP contribution in [0, 0.1) is 0 Å². The standard InChI is InChI=1S/C12H20N4O4S/c1-19-5-6-20-4-2-3-16-12-7(10(14)17)8(13)9(21-12)11(15)18/h16H,2-6,13H2,1H3,(H2,14,17)(H2,15,18). The summed E-state index contributed by atoms with van der Waals surface area (Å²) in [5, 5.41) is 3.47. The average molecular weight is 316 g/mol. The topological polar surface area (TPSA) is 143 Å². The van der Waals surface area contributed by atoms with Gasteiger partial charge in [0.1, 0.15) is 9.88 Å². The first-order chi connectivity index (χ1) is 9.99. The van der Waals surface area contributed by atoms with Crippen molar-refractivity contribution in [2.75, 3.05) is 44.5 Å². The SMILES string of the molecule is COCCOCCCNc1sc(C(N)=O)c(N)c1C(N)=O. The van der Waals surface area contributed by atoms with Crippen LogP contribution in [0.25, 0.3) is 0 Å². The lowest BCUT2D eigenvalue weighted by atomic mass is 10.2. The summed E-state index contributed by atoms with van der Waals surface area (Å²) in [6.45, 7) is 2.17. The number of carbonyl (C=O) groups is 2. The highest BCUT2D eigenvalue weighted by atomic mass is 32.1. The molecule has 0 atom stereocenters. The summed E-state index contributed by atoms with van der Waals surface area (Å²) < 4.78 is 10.2. The number of ether oxygens (including phenoxy) is 2. The molecule has 0 bridgehead atoms. The number of thiophene rings is 1. The van der Waals surface area contributed by atoms with E-state index < -0.39 is 11.8 Å². The summed E-state index contributed by atoms with van der Waals surface area (Å²) in [6, 6.07) is 0. The van der Waals surface area contributed by atoms with Crippen molar-refractivity contribution in [2.24, 2.45) is 11.5 Å². The average Bonchev–Trinajstić information content (AvgIpc) is 2.75. The zero-order chi connectivity index (χ0) is 15.8. The van der Waals surface area contributed by atoms with Gasteiger partial charge in [0, 0.05) is 20.3 Å². The van der Waals surface area contributed by atoms with Crippen LogP contribution in [-0.4, -0.2) is 45.3 Å². The molecule has 1 aromatic heterocycles. The van der Waals surface area contributed by atoms with Crippen molar-refractivity contribution in [1.82, 2.24) is 0 Å². The van der Waals surface area contributed by atoms with E-state index in [1.807, 2.05) is 0 Å². The maximum absolute atomic E-state index is 11.4. The second kappa shape index (κ2) is 8.45. The number of primary amides is 2. The second-order valence-corrected chi connectivity index (χ2v) is 5.18. The van der Waals surface area contributed by atoms with Crippen LogP contribution in [0.4, 0.5) is 10.7 Å². The monoisotopic (exact) mass is 316 g/mol. The van der Waals surface area contributed by atoms with Crippen molar-refractivity contribution >= 4 is 33.8 Å². The van der Waals surface area contributed by atoms with Crippen LogP contribution in [-0.2, 0) is 9.47 Å². The zero-order valence-electron chi connectivity index (χ0n) is 11.8. The van der Waals surface area contributed by atoms with Gasteiger partial charge in [-0.1, -0.05) is 0 Å². The Labute approximate surface area is 126 Å². The molecular weight excluding hydrogens is 296 g/mol. The molecule has 1 rings (SSSR count). The van der Waals surface area contributed by atoms with Crippen LogP contribution in [0.2, 0.25) is 0 Å². The molecule has 8 nitrogen and oxygen atoms in total. The van der Waals surface area contributed by atoms with Gasteiger partial charge in [0.15, 0.2) is 0 Å². The highest BCUT2D eigenvalue weighted by Crippen LogP contribution is 2.35. The molecular formula is C12H20N4O4S. The quantitative estimate of drug-likeness (QED) is 0.447. The molecule has 0 radical (unpaired) electrons. The van der Waals surface area contributed by atoms with Crippen molar-refractivity contribution in [1.29, 1.82) is 0 Å². The molecule has 118 valence electrons. The molecule has 0 aliphatic rings. The summed E-state index contributed by atoms with van der Waals surface area (Å²) in [4.78, 5) is 22.8. The molecule has 0 saturated heterocycles. The van der Waals surface area contributed by atoms with Crippen molar-refractivity contribution in [3.05, 3.63) is 10.4 Å². The first-order valence-corrected chi connectivity index (χ1v) is 7.13. The number of carbonyl (C=O) groups excluding carboxylic acids is 2. The molecule has 0 saturated carbocycles. The Kier molecular flexibility index (Phi) is 6.92. The van der Waals surface area contributed by atoms with E-state index in [4.69, 9.17) is 26.7 Å². The van der Waals surface area contributed by atoms with Gasteiger partial charge in [0.2, 0.25) is 0 Å². The molecule has 0 aliphatic carbocycles. The van der Waals surface area contributed by atoms with Crippen molar-refractivity contribution in [3.63, 3.8) is 0 Å². The Balaban J connectivity index is 2.56. The Bertz CT molecular complexity index is 504. The van der Waals surface area contributed by atoms with Crippen LogP contribution < -0.4 is 22.5 Å². The Morgan fingerprint density at radius 2 is 1.90 bits per heavy atom. The van der Waals surface area contributed by atoms with Gasteiger partial charge in [0.05, 0.1) is 24.5 Å². The largest absolute Gasteiger partial charge is 0.397 e. The lowest BCUT2D eigenvalue weighted by molar-refractivity contribution is 0.0705. The van der Waals surface area contributed by atoms with Crippen molar-refractivity contribution in [3.8, 4) is 0 Å². The first-order valence-electron chi connectivity index (χ1n) is 6.31. The van der Waals surface area contributed by atoms with E-state index >= 15 is 0 Å². The molecule has 9 heteroatoms. The van der Waals surface area contributed by atoms with E-state index in [0.717, 1.165) is 11.3 Å². The van der Waals surface area contributed by atoms with Gasteiger partial charge in [-0.3, -0.25) is 9.59 Å². The Hall–Kier alpha value is -1.84. The molecule has 1 aromatic rings. The maximum atomic E-state index is 11.4. The number of anilines is 2. The fourth-order valence-electron chi connectivity index (χ4n) is 1.62. The van der Waals surface area contributed by atoms with Gasteiger partial charge < -0.3 is 32.0 Å². The van der Waals surface area contributed by atoms with Crippen LogP contribution >= 0.6 is 11.3 Å². The van der Waals surface area contributed by atoms with Crippen molar-refractivity contribution in [2.45, 2.75) is 6.42 Å². The molecule has 21 heavy (non-hydrogen) atoms. The number of nitrogens with one attached hydrogen (secondary N) is 1. The Morgan fingerprint density at radius 3 is 2.48 bits per heavy atom. The third-order valence-corrected chi connectivity index (χ3v) is 3.78. The van der Waals surface area contributed by atoms with Crippen molar-refractivity contribution < 1.29 is 19.1 Å². The van der Waals surface area contributed by atoms with E-state index in [1.165, 1.54) is 0 Å². The smallest absolute Gasteiger partial charge is 0.260 e. The number of methoxy groups -OCH3 is 1. The van der Waals surface area contributed by atoms with Gasteiger partial charge >= 0.3 is 0 Å². The number of nitrogens with two attached hydrogens (primary N) is 3. The molecule has 0 aromatic carbocycles. The fourth-order valence-corrected chi connectivity index (χ4v) is 2.62. The highest BCUT2D eigenvalue weighted by Gasteiger charge is 2.22. The maximum Gasteiger partial charge on any atom is 0.260 e. The van der Waals surface area contributed by atoms with Crippen LogP contribution in [0.15, 0.2) is 0 Å². The van der Waals surface area contributed by atoms with E-state index in [-0.39, 0.29) is 16.1 Å². The minimum absolute atomic E-state index is 0.0267. The number of nitrogen functional groups attached to an aromatic ring is 1. The van der Waals surface area contributed by atoms with Gasteiger partial charge in [-0.2, -0.15) is 0 Å². The third kappa shape index (κ3) is 4.88. The first kappa shape index (κ1) is 17.2. The summed E-state index contributed by atoms with van der Waals surface area (Å²) in [7, 11) is 1.60. The van der Waals surface area contributed by atoms with Gasteiger partial charge in [-0.25, -0.2) is 0 Å². The molecule has 0 spiro atoms. The number of hydrogen-bond donors (Lipinski definition) is 4. The molecule has 7 N–H and O–H groups in total. The van der Waals surface area contributed by atoms with Gasteiger partial charge in [-0.15, -0.1) is 11.3 Å². The van der Waals surface area contributed by atoms with E-state index in [9.17, 15) is 9.59 Å². The highest BCUT2D eigenvalue weighted by molar-refractivity contribution is 7.19. The lowest BCUT2D eigenvalue weighted by Gasteiger charge is -2.06. The molecule has 1 heterocycles. The number of rotatable bonds is 10. The summed E-state index contributed by atoms with van der Waals surface area (Å²) in [5.41, 5.74) is 16.3.